The summed E-state index contributed by atoms with van der Waals surface area (Å²) in [5.41, 5.74) is -0.239. The standard InChI is InChI=1S/C12H22N2/c1-12(2,9-13)11(14-3)10-7-5-4-6-8-10/h10-11,14H,4-8H2,1-3H3. The predicted octanol–water partition coefficient (Wildman–Crippen LogP) is 2.70. The predicted molar refractivity (Wildman–Crippen MR) is 58.8 cm³/mol. The van der Waals surface area contributed by atoms with Crippen LogP contribution in [0.1, 0.15) is 46.0 Å². The van der Waals surface area contributed by atoms with Gasteiger partial charge in [-0.05, 0) is 39.7 Å². The van der Waals surface area contributed by atoms with Gasteiger partial charge in [-0.15, -0.1) is 0 Å². The molecule has 0 radical (unpaired) electrons. The number of rotatable bonds is 3. The molecule has 1 unspecified atom stereocenters. The van der Waals surface area contributed by atoms with Crippen LogP contribution in [0.5, 0.6) is 0 Å². The summed E-state index contributed by atoms with van der Waals surface area (Å²) >= 11 is 0. The van der Waals surface area contributed by atoms with Crippen LogP contribution in [0.2, 0.25) is 0 Å². The van der Waals surface area contributed by atoms with Gasteiger partial charge in [-0.3, -0.25) is 0 Å². The van der Waals surface area contributed by atoms with Crippen molar-refractivity contribution in [1.82, 2.24) is 5.32 Å². The second-order valence-electron chi connectivity index (χ2n) is 5.00. The highest BCUT2D eigenvalue weighted by Gasteiger charge is 2.35. The zero-order valence-corrected chi connectivity index (χ0v) is 9.64. The summed E-state index contributed by atoms with van der Waals surface area (Å²) in [6.07, 6.45) is 6.63. The molecule has 0 spiro atoms. The van der Waals surface area contributed by atoms with Gasteiger partial charge < -0.3 is 5.32 Å². The fourth-order valence-corrected chi connectivity index (χ4v) is 2.72. The average Bonchev–Trinajstić information content (AvgIpc) is 2.20. The Morgan fingerprint density at radius 3 is 2.29 bits per heavy atom. The van der Waals surface area contributed by atoms with E-state index in [1.54, 1.807) is 0 Å². The van der Waals surface area contributed by atoms with Crippen molar-refractivity contribution in [3.8, 4) is 6.07 Å². The number of hydrogen-bond donors (Lipinski definition) is 1. The maximum absolute atomic E-state index is 9.14. The highest BCUT2D eigenvalue weighted by molar-refractivity contribution is 5.02. The molecule has 0 aromatic heterocycles. The summed E-state index contributed by atoms with van der Waals surface area (Å²) in [5.74, 6) is 0.698. The van der Waals surface area contributed by atoms with Crippen molar-refractivity contribution >= 4 is 0 Å². The van der Waals surface area contributed by atoms with Crippen LogP contribution < -0.4 is 5.32 Å². The summed E-state index contributed by atoms with van der Waals surface area (Å²) in [6.45, 7) is 4.09. The van der Waals surface area contributed by atoms with Crippen LogP contribution in [0.15, 0.2) is 0 Å². The SMILES string of the molecule is CNC(C1CCCCC1)C(C)(C)C#N. The lowest BCUT2D eigenvalue weighted by molar-refractivity contribution is 0.193. The first-order chi connectivity index (χ1) is 6.61. The molecule has 1 aliphatic rings. The molecule has 1 atom stereocenters. The van der Waals surface area contributed by atoms with Gasteiger partial charge in [0.15, 0.2) is 0 Å². The lowest BCUT2D eigenvalue weighted by Crippen LogP contribution is -2.45. The summed E-state index contributed by atoms with van der Waals surface area (Å²) in [4.78, 5) is 0. The Morgan fingerprint density at radius 1 is 1.29 bits per heavy atom. The van der Waals surface area contributed by atoms with Crippen LogP contribution in [0.25, 0.3) is 0 Å². The van der Waals surface area contributed by atoms with Gasteiger partial charge in [-0.25, -0.2) is 0 Å². The van der Waals surface area contributed by atoms with Gasteiger partial charge in [-0.2, -0.15) is 5.26 Å². The van der Waals surface area contributed by atoms with Crippen LogP contribution in [0.4, 0.5) is 0 Å². The molecule has 0 bridgehead atoms. The third kappa shape index (κ3) is 2.48. The van der Waals surface area contributed by atoms with E-state index in [0.29, 0.717) is 12.0 Å². The fraction of sp³-hybridized carbons (Fsp3) is 0.917. The molecule has 14 heavy (non-hydrogen) atoms. The van der Waals surface area contributed by atoms with E-state index in [1.807, 2.05) is 20.9 Å². The van der Waals surface area contributed by atoms with Crippen LogP contribution in [-0.2, 0) is 0 Å². The van der Waals surface area contributed by atoms with Gasteiger partial charge in [-0.1, -0.05) is 19.3 Å². The summed E-state index contributed by atoms with van der Waals surface area (Å²) in [6, 6.07) is 2.78. The molecule has 2 nitrogen and oxygen atoms in total. The van der Waals surface area contributed by atoms with Gasteiger partial charge in [0.1, 0.15) is 0 Å². The first kappa shape index (κ1) is 11.5. The van der Waals surface area contributed by atoms with E-state index < -0.39 is 0 Å². The average molecular weight is 194 g/mol. The number of nitrogens with zero attached hydrogens (tertiary/aromatic N) is 1. The highest BCUT2D eigenvalue weighted by Crippen LogP contribution is 2.34. The minimum Gasteiger partial charge on any atom is -0.315 e. The summed E-state index contributed by atoms with van der Waals surface area (Å²) < 4.78 is 0. The Balaban J connectivity index is 2.65. The second kappa shape index (κ2) is 4.79. The molecule has 2 heteroatoms. The van der Waals surface area contributed by atoms with Crippen molar-refractivity contribution in [2.75, 3.05) is 7.05 Å². The van der Waals surface area contributed by atoms with Gasteiger partial charge in [0.2, 0.25) is 0 Å². The largest absolute Gasteiger partial charge is 0.315 e. The van der Waals surface area contributed by atoms with E-state index in [9.17, 15) is 0 Å². The molecule has 0 heterocycles. The molecule has 0 aromatic rings. The van der Waals surface area contributed by atoms with Crippen molar-refractivity contribution in [2.24, 2.45) is 11.3 Å². The number of nitrogens with one attached hydrogen (secondary N) is 1. The molecule has 80 valence electrons. The quantitative estimate of drug-likeness (QED) is 0.750. The third-order valence-corrected chi connectivity index (χ3v) is 3.50. The van der Waals surface area contributed by atoms with E-state index in [4.69, 9.17) is 5.26 Å². The summed E-state index contributed by atoms with van der Waals surface area (Å²) in [7, 11) is 1.98. The topological polar surface area (TPSA) is 35.8 Å². The van der Waals surface area contributed by atoms with Crippen molar-refractivity contribution in [1.29, 1.82) is 5.26 Å². The zero-order valence-electron chi connectivity index (χ0n) is 9.64. The van der Waals surface area contributed by atoms with Crippen LogP contribution in [0.3, 0.4) is 0 Å². The van der Waals surface area contributed by atoms with E-state index in [1.165, 1.54) is 32.1 Å². The molecule has 0 saturated heterocycles. The van der Waals surface area contributed by atoms with E-state index >= 15 is 0 Å². The van der Waals surface area contributed by atoms with Gasteiger partial charge in [0.05, 0.1) is 11.5 Å². The Hall–Kier alpha value is -0.550. The first-order valence-corrected chi connectivity index (χ1v) is 5.70. The monoisotopic (exact) mass is 194 g/mol. The van der Waals surface area contributed by atoms with Crippen molar-refractivity contribution in [3.05, 3.63) is 0 Å². The molecule has 0 aliphatic heterocycles. The van der Waals surface area contributed by atoms with E-state index in [0.717, 1.165) is 0 Å². The Bertz CT molecular complexity index is 209. The Kier molecular flexibility index (Phi) is 3.95. The van der Waals surface area contributed by atoms with Gasteiger partial charge in [0, 0.05) is 6.04 Å². The second-order valence-corrected chi connectivity index (χ2v) is 5.00. The molecule has 1 N–H and O–H groups in total. The molecular formula is C12H22N2. The third-order valence-electron chi connectivity index (χ3n) is 3.50. The minimum absolute atomic E-state index is 0.239. The zero-order chi connectivity index (χ0) is 10.6. The van der Waals surface area contributed by atoms with Crippen molar-refractivity contribution in [2.45, 2.75) is 52.0 Å². The van der Waals surface area contributed by atoms with Gasteiger partial charge in [0.25, 0.3) is 0 Å². The van der Waals surface area contributed by atoms with Crippen LogP contribution >= 0.6 is 0 Å². The van der Waals surface area contributed by atoms with E-state index in [-0.39, 0.29) is 5.41 Å². The first-order valence-electron chi connectivity index (χ1n) is 5.70. The molecule has 1 fully saturated rings. The smallest absolute Gasteiger partial charge is 0.0700 e. The number of hydrogen-bond acceptors (Lipinski definition) is 2. The lowest BCUT2D eigenvalue weighted by Gasteiger charge is -2.37. The van der Waals surface area contributed by atoms with E-state index in [2.05, 4.69) is 11.4 Å². The molecule has 1 aliphatic carbocycles. The van der Waals surface area contributed by atoms with Crippen molar-refractivity contribution in [3.63, 3.8) is 0 Å². The molecular weight excluding hydrogens is 172 g/mol. The molecule has 1 saturated carbocycles. The van der Waals surface area contributed by atoms with Crippen LogP contribution in [0, 0.1) is 22.7 Å². The Labute approximate surface area is 87.7 Å². The molecule has 1 rings (SSSR count). The van der Waals surface area contributed by atoms with Crippen molar-refractivity contribution < 1.29 is 0 Å². The van der Waals surface area contributed by atoms with Gasteiger partial charge >= 0.3 is 0 Å². The maximum atomic E-state index is 9.14. The normalized spacial score (nSPS) is 21.6. The fourth-order valence-electron chi connectivity index (χ4n) is 2.72. The molecule has 0 amide bonds. The highest BCUT2D eigenvalue weighted by atomic mass is 14.9. The minimum atomic E-state index is -0.239. The lowest BCUT2D eigenvalue weighted by atomic mass is 9.73. The summed E-state index contributed by atoms with van der Waals surface area (Å²) in [5, 5.41) is 12.5. The maximum Gasteiger partial charge on any atom is 0.0700 e. The molecule has 0 aromatic carbocycles. The van der Waals surface area contributed by atoms with Crippen LogP contribution in [-0.4, -0.2) is 13.1 Å². The Morgan fingerprint density at radius 2 is 1.86 bits per heavy atom. The number of nitriles is 1.